The third-order valence-corrected chi connectivity index (χ3v) is 3.56. The maximum atomic E-state index is 5.14. The van der Waals surface area contributed by atoms with Gasteiger partial charge in [0.05, 0.1) is 6.33 Å². The Morgan fingerprint density at radius 1 is 1.53 bits per heavy atom. The van der Waals surface area contributed by atoms with Crippen LogP contribution in [0.5, 0.6) is 0 Å². The van der Waals surface area contributed by atoms with Gasteiger partial charge in [0.2, 0.25) is 0 Å². The lowest BCUT2D eigenvalue weighted by molar-refractivity contribution is 0.115. The van der Waals surface area contributed by atoms with Crippen molar-refractivity contribution in [3.8, 4) is 0 Å². The van der Waals surface area contributed by atoms with E-state index in [1.54, 1.807) is 13.4 Å². The van der Waals surface area contributed by atoms with Crippen LogP contribution in [0, 0.1) is 0 Å². The number of likely N-dealkylation sites (tertiary alicyclic amines) is 1. The molecule has 1 N–H and O–H groups in total. The molecule has 0 radical (unpaired) electrons. The minimum atomic E-state index is 0.724. The summed E-state index contributed by atoms with van der Waals surface area (Å²) >= 11 is 0. The van der Waals surface area contributed by atoms with E-state index in [4.69, 9.17) is 4.74 Å². The number of aromatic amines is 1. The van der Waals surface area contributed by atoms with Crippen LogP contribution < -0.4 is 0 Å². The summed E-state index contributed by atoms with van der Waals surface area (Å²) in [5.74, 6) is 0. The number of hydrogen-bond donors (Lipinski definition) is 1. The van der Waals surface area contributed by atoms with Crippen LogP contribution in [-0.4, -0.2) is 41.2 Å². The third-order valence-electron chi connectivity index (χ3n) is 3.56. The second kappa shape index (κ2) is 6.77. The minimum absolute atomic E-state index is 0.724. The van der Waals surface area contributed by atoms with Crippen LogP contribution in [0.3, 0.4) is 0 Å². The van der Waals surface area contributed by atoms with Gasteiger partial charge in [-0.15, -0.1) is 0 Å². The number of H-pyrrole nitrogens is 1. The van der Waals surface area contributed by atoms with Crippen molar-refractivity contribution in [1.29, 1.82) is 0 Å². The van der Waals surface area contributed by atoms with Crippen molar-refractivity contribution in [1.82, 2.24) is 14.9 Å². The van der Waals surface area contributed by atoms with Crippen LogP contribution in [0.25, 0.3) is 0 Å². The highest BCUT2D eigenvalue weighted by molar-refractivity contribution is 4.95. The monoisotopic (exact) mass is 237 g/mol. The number of methoxy groups -OCH3 is 1. The van der Waals surface area contributed by atoms with Crippen LogP contribution >= 0.6 is 0 Å². The highest BCUT2D eigenvalue weighted by atomic mass is 16.5. The van der Waals surface area contributed by atoms with Crippen LogP contribution in [-0.2, 0) is 11.3 Å². The first-order valence-corrected chi connectivity index (χ1v) is 6.60. The van der Waals surface area contributed by atoms with Gasteiger partial charge in [-0.2, -0.15) is 0 Å². The van der Waals surface area contributed by atoms with E-state index in [1.165, 1.54) is 44.3 Å². The van der Waals surface area contributed by atoms with Crippen LogP contribution in [0.15, 0.2) is 12.5 Å². The molecule has 0 aliphatic carbocycles. The number of imidazole rings is 1. The lowest BCUT2D eigenvalue weighted by atomic mass is 9.98. The Morgan fingerprint density at radius 3 is 3.24 bits per heavy atom. The standard InChI is InChI=1S/C13H23N3O/c1-17-8-4-6-13-5-2-3-7-16(13)10-12-9-14-11-15-12/h9,11,13H,2-8,10H2,1H3,(H,14,15)/t13-/m1/s1. The van der Waals surface area contributed by atoms with Crippen LogP contribution in [0.1, 0.15) is 37.8 Å². The Kier molecular flexibility index (Phi) is 5.01. The first-order chi connectivity index (χ1) is 8.40. The zero-order valence-electron chi connectivity index (χ0n) is 10.7. The van der Waals surface area contributed by atoms with Gasteiger partial charge < -0.3 is 9.72 Å². The number of nitrogens with one attached hydrogen (secondary N) is 1. The molecule has 1 atom stereocenters. The van der Waals surface area contributed by atoms with E-state index in [-0.39, 0.29) is 0 Å². The smallest absolute Gasteiger partial charge is 0.0922 e. The Balaban J connectivity index is 1.83. The average molecular weight is 237 g/mol. The summed E-state index contributed by atoms with van der Waals surface area (Å²) in [6.45, 7) is 3.11. The molecule has 0 aromatic carbocycles. The van der Waals surface area contributed by atoms with Gasteiger partial charge in [-0.3, -0.25) is 4.90 Å². The molecule has 4 nitrogen and oxygen atoms in total. The summed E-state index contributed by atoms with van der Waals surface area (Å²) in [6, 6.07) is 0.724. The normalized spacial score (nSPS) is 21.8. The molecule has 1 aliphatic rings. The predicted octanol–water partition coefficient (Wildman–Crippen LogP) is 2.19. The summed E-state index contributed by atoms with van der Waals surface area (Å²) in [7, 11) is 1.78. The van der Waals surface area contributed by atoms with E-state index in [0.717, 1.165) is 19.2 Å². The summed E-state index contributed by atoms with van der Waals surface area (Å²) in [6.07, 6.45) is 10.1. The van der Waals surface area contributed by atoms with Gasteiger partial charge in [-0.1, -0.05) is 6.42 Å². The number of aromatic nitrogens is 2. The largest absolute Gasteiger partial charge is 0.385 e. The van der Waals surface area contributed by atoms with E-state index < -0.39 is 0 Å². The molecule has 0 amide bonds. The molecule has 0 bridgehead atoms. The van der Waals surface area contributed by atoms with Gasteiger partial charge in [0.25, 0.3) is 0 Å². The molecule has 1 aromatic rings. The Bertz CT molecular complexity index is 300. The molecule has 4 heteroatoms. The Labute approximate surface area is 103 Å². The van der Waals surface area contributed by atoms with E-state index in [0.29, 0.717) is 0 Å². The van der Waals surface area contributed by atoms with Crippen molar-refractivity contribution >= 4 is 0 Å². The Hall–Kier alpha value is -0.870. The minimum Gasteiger partial charge on any atom is -0.385 e. The molecule has 1 aromatic heterocycles. The molecule has 0 saturated carbocycles. The van der Waals surface area contributed by atoms with Crippen molar-refractivity contribution in [2.75, 3.05) is 20.3 Å². The average Bonchev–Trinajstić information content (AvgIpc) is 2.84. The van der Waals surface area contributed by atoms with Gasteiger partial charge in [0.15, 0.2) is 0 Å². The molecule has 1 aliphatic heterocycles. The highest BCUT2D eigenvalue weighted by Crippen LogP contribution is 2.22. The molecule has 2 rings (SSSR count). The second-order valence-electron chi connectivity index (χ2n) is 4.83. The number of rotatable bonds is 6. The maximum Gasteiger partial charge on any atom is 0.0922 e. The second-order valence-corrected chi connectivity index (χ2v) is 4.83. The zero-order valence-corrected chi connectivity index (χ0v) is 10.7. The fourth-order valence-electron chi connectivity index (χ4n) is 2.65. The van der Waals surface area contributed by atoms with Gasteiger partial charge in [0.1, 0.15) is 0 Å². The molecule has 1 fully saturated rings. The van der Waals surface area contributed by atoms with Crippen molar-refractivity contribution in [2.45, 2.75) is 44.7 Å². The molecule has 96 valence electrons. The van der Waals surface area contributed by atoms with Gasteiger partial charge in [0, 0.05) is 38.2 Å². The zero-order chi connectivity index (χ0) is 11.9. The summed E-state index contributed by atoms with van der Waals surface area (Å²) in [4.78, 5) is 9.87. The molecule has 2 heterocycles. The van der Waals surface area contributed by atoms with Gasteiger partial charge in [-0.25, -0.2) is 4.98 Å². The lowest BCUT2D eigenvalue weighted by Crippen LogP contribution is -2.39. The van der Waals surface area contributed by atoms with E-state index in [9.17, 15) is 0 Å². The number of ether oxygens (including phenoxy) is 1. The highest BCUT2D eigenvalue weighted by Gasteiger charge is 2.22. The number of hydrogen-bond acceptors (Lipinski definition) is 3. The van der Waals surface area contributed by atoms with Crippen molar-refractivity contribution in [3.05, 3.63) is 18.2 Å². The fourth-order valence-corrected chi connectivity index (χ4v) is 2.65. The SMILES string of the molecule is COCCC[C@H]1CCCCN1Cc1cnc[nH]1. The first kappa shape index (κ1) is 12.6. The number of piperidine rings is 1. The first-order valence-electron chi connectivity index (χ1n) is 6.60. The molecular weight excluding hydrogens is 214 g/mol. The molecule has 1 saturated heterocycles. The summed E-state index contributed by atoms with van der Waals surface area (Å²) in [5, 5.41) is 0. The molecule has 0 unspecified atom stereocenters. The van der Waals surface area contributed by atoms with Crippen molar-refractivity contribution in [2.24, 2.45) is 0 Å². The van der Waals surface area contributed by atoms with Crippen molar-refractivity contribution in [3.63, 3.8) is 0 Å². The Morgan fingerprint density at radius 2 is 2.47 bits per heavy atom. The lowest BCUT2D eigenvalue weighted by Gasteiger charge is -2.35. The van der Waals surface area contributed by atoms with Crippen LogP contribution in [0.2, 0.25) is 0 Å². The van der Waals surface area contributed by atoms with E-state index in [2.05, 4.69) is 14.9 Å². The van der Waals surface area contributed by atoms with E-state index >= 15 is 0 Å². The molecule has 0 spiro atoms. The summed E-state index contributed by atoms with van der Waals surface area (Å²) < 4.78 is 5.14. The maximum absolute atomic E-state index is 5.14. The van der Waals surface area contributed by atoms with E-state index in [1.807, 2.05) is 6.20 Å². The number of nitrogens with zero attached hydrogens (tertiary/aromatic N) is 2. The fraction of sp³-hybridized carbons (Fsp3) is 0.769. The van der Waals surface area contributed by atoms with Crippen LogP contribution in [0.4, 0.5) is 0 Å². The molecular formula is C13H23N3O. The predicted molar refractivity (Wildman–Crippen MR) is 67.7 cm³/mol. The van der Waals surface area contributed by atoms with Gasteiger partial charge in [-0.05, 0) is 32.2 Å². The third kappa shape index (κ3) is 3.82. The van der Waals surface area contributed by atoms with Crippen molar-refractivity contribution < 1.29 is 4.74 Å². The topological polar surface area (TPSA) is 41.1 Å². The quantitative estimate of drug-likeness (QED) is 0.771. The van der Waals surface area contributed by atoms with Gasteiger partial charge >= 0.3 is 0 Å². The summed E-state index contributed by atoms with van der Waals surface area (Å²) in [5.41, 5.74) is 1.23. The molecule has 17 heavy (non-hydrogen) atoms.